The van der Waals surface area contributed by atoms with E-state index < -0.39 is 124 Å². The third-order valence-corrected chi connectivity index (χ3v) is 19.3. The van der Waals surface area contributed by atoms with Crippen LogP contribution in [0.4, 0.5) is 0 Å². The van der Waals surface area contributed by atoms with Crippen molar-refractivity contribution in [2.24, 2.45) is 0 Å². The molecule has 3 heterocycles. The molecule has 19 heteroatoms. The summed E-state index contributed by atoms with van der Waals surface area (Å²) in [7, 11) is 0. The van der Waals surface area contributed by atoms with E-state index >= 15 is 0 Å². The van der Waals surface area contributed by atoms with Crippen LogP contribution in [0.15, 0.2) is 72.9 Å². The fourth-order valence-corrected chi connectivity index (χ4v) is 13.0. The number of rotatable bonds is 61. The van der Waals surface area contributed by atoms with Crippen molar-refractivity contribution < 1.29 is 89.4 Å². The summed E-state index contributed by atoms with van der Waals surface area (Å²) in [5.74, 6) is -0.286. The fraction of sp³-hybridized carbons (Fsp3) is 0.835. The predicted molar refractivity (Wildman–Crippen MR) is 388 cm³/mol. The summed E-state index contributed by atoms with van der Waals surface area (Å²) in [4.78, 5) is 13.5. The standard InChI is InChI=1S/C79H141NO18/c1-3-5-7-9-11-13-15-17-19-21-23-25-27-28-29-30-31-32-33-35-36-38-40-42-44-46-48-50-52-54-56-63(84)62(80-67(85)57-55-53-51-49-47-45-43-41-39-37-34-26-24-22-20-18-16-14-12-10-8-6-4-2)61-93-77-73(91)70(88)75(65(59-82)95-77)98-79-74(92)71(89)76(66(60-83)96-79)97-78-72(90)69(87)68(86)64(58-81)94-78/h6,8,12,14,18,20,24,26,37,39,54,56,62-66,68-79,81-84,86-92H,3-5,7,9-11,13,15-17,19,21-23,25,27-36,38,40-53,55,57-61H2,1-2H3,(H,80,85)/b8-6-,14-12-,20-18-,26-24-,39-37-,56-54+. The number of ether oxygens (including phenoxy) is 6. The molecular weight excluding hydrogens is 1250 g/mol. The predicted octanol–water partition coefficient (Wildman–Crippen LogP) is 12.4. The Balaban J connectivity index is 1.39. The van der Waals surface area contributed by atoms with E-state index in [0.717, 1.165) is 103 Å². The summed E-state index contributed by atoms with van der Waals surface area (Å²) in [6, 6.07) is -0.985. The first-order chi connectivity index (χ1) is 47.8. The molecule has 98 heavy (non-hydrogen) atoms. The lowest BCUT2D eigenvalue weighted by molar-refractivity contribution is -0.379. The molecular formula is C79H141NO18. The smallest absolute Gasteiger partial charge is 0.220 e. The van der Waals surface area contributed by atoms with Crippen LogP contribution in [0.1, 0.15) is 290 Å². The molecule has 0 aromatic carbocycles. The van der Waals surface area contributed by atoms with Crippen molar-refractivity contribution in [3.05, 3.63) is 72.9 Å². The first-order valence-electron chi connectivity index (χ1n) is 39.2. The van der Waals surface area contributed by atoms with Gasteiger partial charge < -0.3 is 89.9 Å². The van der Waals surface area contributed by atoms with Gasteiger partial charge in [-0.15, -0.1) is 0 Å². The van der Waals surface area contributed by atoms with Gasteiger partial charge in [-0.05, 0) is 64.2 Å². The van der Waals surface area contributed by atoms with Gasteiger partial charge in [0.05, 0.1) is 38.6 Å². The Labute approximate surface area is 591 Å². The van der Waals surface area contributed by atoms with Gasteiger partial charge in [0.2, 0.25) is 5.91 Å². The highest BCUT2D eigenvalue weighted by Crippen LogP contribution is 2.33. The molecule has 3 rings (SSSR count). The van der Waals surface area contributed by atoms with Crippen LogP contribution in [0.3, 0.4) is 0 Å². The highest BCUT2D eigenvalue weighted by Gasteiger charge is 2.53. The summed E-state index contributed by atoms with van der Waals surface area (Å²) in [6.45, 7) is 1.64. The van der Waals surface area contributed by atoms with Gasteiger partial charge in [-0.2, -0.15) is 0 Å². The number of aliphatic hydroxyl groups is 11. The minimum Gasteiger partial charge on any atom is -0.394 e. The largest absolute Gasteiger partial charge is 0.394 e. The lowest BCUT2D eigenvalue weighted by atomic mass is 9.96. The van der Waals surface area contributed by atoms with Gasteiger partial charge in [0.15, 0.2) is 18.9 Å². The van der Waals surface area contributed by atoms with Crippen LogP contribution >= 0.6 is 0 Å². The second kappa shape index (κ2) is 59.6. The lowest BCUT2D eigenvalue weighted by Crippen LogP contribution is -2.66. The number of carbonyl (C=O) groups is 1. The van der Waals surface area contributed by atoms with Gasteiger partial charge in [-0.1, -0.05) is 292 Å². The van der Waals surface area contributed by atoms with Gasteiger partial charge in [0.25, 0.3) is 0 Å². The molecule has 0 bridgehead atoms. The van der Waals surface area contributed by atoms with Crippen LogP contribution < -0.4 is 5.32 Å². The Kier molecular flexibility index (Phi) is 54.4. The zero-order valence-electron chi connectivity index (χ0n) is 60.8. The molecule has 1 amide bonds. The maximum Gasteiger partial charge on any atom is 0.220 e. The Morgan fingerprint density at radius 3 is 1.10 bits per heavy atom. The maximum absolute atomic E-state index is 13.5. The van der Waals surface area contributed by atoms with Gasteiger partial charge in [0, 0.05) is 6.42 Å². The van der Waals surface area contributed by atoms with Gasteiger partial charge >= 0.3 is 0 Å². The Hall–Kier alpha value is -2.77. The van der Waals surface area contributed by atoms with Crippen LogP contribution in [-0.4, -0.2) is 193 Å². The van der Waals surface area contributed by atoms with Crippen LogP contribution in [0.2, 0.25) is 0 Å². The molecule has 19 nitrogen and oxygen atoms in total. The SMILES string of the molecule is CC/C=C\C/C=C\C/C=C\C/C=C\C/C=C\CCCCCCCCCC(=O)NC(COC1OC(CO)C(OC2OC(CO)C(OC3OC(CO)C(O)C(O)C3O)C(O)C2O)C(O)C1O)C(O)/C=C/CCCCCCCCCCCCCCCCCCCCCCCCCCCCCC. The van der Waals surface area contributed by atoms with Gasteiger partial charge in [-0.25, -0.2) is 0 Å². The molecule has 0 aliphatic carbocycles. The molecule has 0 aromatic heterocycles. The normalized spacial score (nSPS) is 27.1. The molecule has 17 atom stereocenters. The van der Waals surface area contributed by atoms with Crippen LogP contribution in [0.25, 0.3) is 0 Å². The number of aliphatic hydroxyl groups excluding tert-OH is 11. The van der Waals surface area contributed by atoms with E-state index in [4.69, 9.17) is 28.4 Å². The monoisotopic (exact) mass is 1390 g/mol. The minimum absolute atomic E-state index is 0.227. The second-order valence-corrected chi connectivity index (χ2v) is 27.8. The average Bonchev–Trinajstić information content (AvgIpc) is 0.785. The van der Waals surface area contributed by atoms with Crippen molar-refractivity contribution in [3.63, 3.8) is 0 Å². The van der Waals surface area contributed by atoms with Gasteiger partial charge in [0.1, 0.15) is 73.2 Å². The van der Waals surface area contributed by atoms with Crippen LogP contribution in [-0.2, 0) is 33.2 Å². The van der Waals surface area contributed by atoms with E-state index in [9.17, 15) is 61.0 Å². The summed E-state index contributed by atoms with van der Waals surface area (Å²) in [5.41, 5.74) is 0. The first kappa shape index (κ1) is 89.4. The van der Waals surface area contributed by atoms with Crippen molar-refractivity contribution >= 4 is 5.91 Å². The molecule has 12 N–H and O–H groups in total. The van der Waals surface area contributed by atoms with E-state index in [-0.39, 0.29) is 18.9 Å². The number of amides is 1. The number of carbonyl (C=O) groups excluding carboxylic acids is 1. The zero-order valence-corrected chi connectivity index (χ0v) is 60.8. The topological polar surface area (TPSA) is 307 Å². The molecule has 0 aromatic rings. The minimum atomic E-state index is -1.98. The van der Waals surface area contributed by atoms with Crippen molar-refractivity contribution in [3.8, 4) is 0 Å². The molecule has 3 fully saturated rings. The first-order valence-corrected chi connectivity index (χ1v) is 39.2. The summed E-state index contributed by atoms with van der Waals surface area (Å²) in [6.07, 6.45) is 50.2. The van der Waals surface area contributed by atoms with E-state index in [0.29, 0.717) is 6.42 Å². The number of unbranched alkanes of at least 4 members (excludes halogenated alkanes) is 35. The molecule has 3 aliphatic heterocycles. The van der Waals surface area contributed by atoms with Crippen molar-refractivity contribution in [1.29, 1.82) is 0 Å². The Morgan fingerprint density at radius 2 is 0.704 bits per heavy atom. The highest BCUT2D eigenvalue weighted by atomic mass is 16.8. The second-order valence-electron chi connectivity index (χ2n) is 27.8. The molecule has 17 unspecified atom stereocenters. The third-order valence-electron chi connectivity index (χ3n) is 19.3. The summed E-state index contributed by atoms with van der Waals surface area (Å²) < 4.78 is 34.4. The van der Waals surface area contributed by atoms with Gasteiger partial charge in [-0.3, -0.25) is 4.79 Å². The van der Waals surface area contributed by atoms with E-state index in [1.807, 2.05) is 6.08 Å². The van der Waals surface area contributed by atoms with Crippen molar-refractivity contribution in [2.45, 2.75) is 394 Å². The number of hydrogen-bond donors (Lipinski definition) is 12. The summed E-state index contributed by atoms with van der Waals surface area (Å²) >= 11 is 0. The van der Waals surface area contributed by atoms with Crippen molar-refractivity contribution in [1.82, 2.24) is 5.32 Å². The molecule has 3 aliphatic rings. The highest BCUT2D eigenvalue weighted by molar-refractivity contribution is 5.76. The van der Waals surface area contributed by atoms with E-state index in [1.54, 1.807) is 6.08 Å². The zero-order chi connectivity index (χ0) is 71.1. The van der Waals surface area contributed by atoms with E-state index in [1.165, 1.54) is 161 Å². The van der Waals surface area contributed by atoms with Crippen molar-refractivity contribution in [2.75, 3.05) is 26.4 Å². The molecule has 0 saturated carbocycles. The number of allylic oxidation sites excluding steroid dienone is 11. The Bertz CT molecular complexity index is 2050. The summed E-state index contributed by atoms with van der Waals surface area (Å²) in [5, 5.41) is 121. The number of hydrogen-bond acceptors (Lipinski definition) is 18. The fourth-order valence-electron chi connectivity index (χ4n) is 13.0. The third kappa shape index (κ3) is 39.8. The molecule has 3 saturated heterocycles. The van der Waals surface area contributed by atoms with Crippen LogP contribution in [0, 0.1) is 0 Å². The molecule has 570 valence electrons. The maximum atomic E-state index is 13.5. The molecule has 0 spiro atoms. The number of nitrogens with one attached hydrogen (secondary N) is 1. The van der Waals surface area contributed by atoms with Crippen LogP contribution in [0.5, 0.6) is 0 Å². The van der Waals surface area contributed by atoms with E-state index in [2.05, 4.69) is 79.9 Å². The average molecular weight is 1390 g/mol. The quantitative estimate of drug-likeness (QED) is 0.0199. The molecule has 0 radical (unpaired) electrons. The Morgan fingerprint density at radius 1 is 0.378 bits per heavy atom. The lowest BCUT2D eigenvalue weighted by Gasteiger charge is -2.48.